The first-order valence-corrected chi connectivity index (χ1v) is 10.7. The molecule has 0 saturated carbocycles. The van der Waals surface area contributed by atoms with Gasteiger partial charge in [-0.2, -0.15) is 16.4 Å². The molecule has 6 heteroatoms. The normalized spacial score (nSPS) is 20.3. The molecule has 0 bridgehead atoms. The highest BCUT2D eigenvalue weighted by atomic mass is 32.1. The zero-order valence-electron chi connectivity index (χ0n) is 16.6. The molecule has 29 heavy (non-hydrogen) atoms. The van der Waals surface area contributed by atoms with E-state index in [0.29, 0.717) is 6.42 Å². The van der Waals surface area contributed by atoms with E-state index in [4.69, 9.17) is 5.10 Å². The maximum atomic E-state index is 13.5. The first kappa shape index (κ1) is 18.3. The van der Waals surface area contributed by atoms with Gasteiger partial charge >= 0.3 is 0 Å². The Kier molecular flexibility index (Phi) is 4.03. The van der Waals surface area contributed by atoms with E-state index in [1.54, 1.807) is 23.5 Å². The van der Waals surface area contributed by atoms with Gasteiger partial charge in [0.2, 0.25) is 0 Å². The fourth-order valence-corrected chi connectivity index (χ4v) is 5.30. The molecule has 2 aliphatic rings. The van der Waals surface area contributed by atoms with Crippen molar-refractivity contribution in [1.82, 2.24) is 9.78 Å². The Morgan fingerprint density at radius 3 is 2.66 bits per heavy atom. The van der Waals surface area contributed by atoms with Gasteiger partial charge in [0, 0.05) is 29.2 Å². The molecule has 0 spiro atoms. The van der Waals surface area contributed by atoms with Crippen LogP contribution in [0.2, 0.25) is 0 Å². The Morgan fingerprint density at radius 1 is 1.21 bits per heavy atom. The Hall–Kier alpha value is -2.73. The largest absolute Gasteiger partial charge is 0.343 e. The van der Waals surface area contributed by atoms with Gasteiger partial charge in [-0.05, 0) is 65.4 Å². The van der Waals surface area contributed by atoms with E-state index >= 15 is 0 Å². The smallest absolute Gasteiger partial charge is 0.162 e. The van der Waals surface area contributed by atoms with Crippen molar-refractivity contribution in [1.29, 1.82) is 0 Å². The van der Waals surface area contributed by atoms with Gasteiger partial charge in [-0.3, -0.25) is 4.79 Å². The first-order valence-electron chi connectivity index (χ1n) is 9.75. The number of anilines is 1. The van der Waals surface area contributed by atoms with Gasteiger partial charge in [-0.25, -0.2) is 9.07 Å². The number of carbonyl (C=O) groups is 1. The molecule has 0 saturated heterocycles. The molecule has 1 aromatic carbocycles. The molecule has 1 aliphatic carbocycles. The van der Waals surface area contributed by atoms with Crippen LogP contribution in [0.5, 0.6) is 0 Å². The number of aryl methyl sites for hydroxylation is 1. The fraction of sp³-hybridized carbons (Fsp3) is 0.304. The van der Waals surface area contributed by atoms with E-state index in [1.165, 1.54) is 12.1 Å². The number of halogens is 1. The average Bonchev–Trinajstić information content (AvgIpc) is 3.28. The summed E-state index contributed by atoms with van der Waals surface area (Å²) in [5.74, 6) is 0.680. The second kappa shape index (κ2) is 6.39. The van der Waals surface area contributed by atoms with E-state index in [0.717, 1.165) is 46.0 Å². The van der Waals surface area contributed by atoms with E-state index < -0.39 is 0 Å². The summed E-state index contributed by atoms with van der Waals surface area (Å²) in [4.78, 5) is 13.2. The maximum absolute atomic E-state index is 13.5. The molecular formula is C23H22FN3OS. The van der Waals surface area contributed by atoms with Crippen molar-refractivity contribution in [2.75, 3.05) is 5.32 Å². The molecule has 1 aliphatic heterocycles. The third-order valence-electron chi connectivity index (χ3n) is 5.82. The average molecular weight is 408 g/mol. The monoisotopic (exact) mass is 407 g/mol. The lowest BCUT2D eigenvalue weighted by molar-refractivity contribution is -0.118. The lowest BCUT2D eigenvalue weighted by Crippen LogP contribution is -2.34. The molecule has 1 unspecified atom stereocenters. The maximum Gasteiger partial charge on any atom is 0.162 e. The molecule has 5 rings (SSSR count). The van der Waals surface area contributed by atoms with Crippen molar-refractivity contribution >= 4 is 22.9 Å². The summed E-state index contributed by atoms with van der Waals surface area (Å²) in [5.41, 5.74) is 5.58. The molecule has 1 N–H and O–H groups in total. The van der Waals surface area contributed by atoms with Crippen molar-refractivity contribution in [3.8, 4) is 5.69 Å². The number of ketones is 1. The predicted molar refractivity (Wildman–Crippen MR) is 113 cm³/mol. The SMILES string of the molecule is Cc1nn(-c2ccc(F)cc2)c2c1C(c1ccsc1)C1=C(CC(C)(C)CC1=O)N2. The number of Topliss-reactive ketones (excluding diaryl/α,β-unsaturated/α-hetero) is 1. The fourth-order valence-electron chi connectivity index (χ4n) is 4.62. The van der Waals surface area contributed by atoms with Gasteiger partial charge in [-0.15, -0.1) is 0 Å². The molecule has 0 fully saturated rings. The van der Waals surface area contributed by atoms with Crippen LogP contribution in [0.3, 0.4) is 0 Å². The lowest BCUT2D eigenvalue weighted by Gasteiger charge is -2.38. The molecule has 3 heterocycles. The van der Waals surface area contributed by atoms with Crippen molar-refractivity contribution < 1.29 is 9.18 Å². The Labute approximate surface area is 173 Å². The number of carbonyl (C=O) groups excluding carboxylic acids is 1. The van der Waals surface area contributed by atoms with Crippen molar-refractivity contribution in [2.45, 2.75) is 39.5 Å². The summed E-state index contributed by atoms with van der Waals surface area (Å²) in [5, 5.41) is 12.5. The van der Waals surface area contributed by atoms with Crippen molar-refractivity contribution in [2.24, 2.45) is 5.41 Å². The minimum atomic E-state index is -0.278. The Balaban J connectivity index is 1.74. The molecule has 4 nitrogen and oxygen atoms in total. The van der Waals surface area contributed by atoms with Gasteiger partial charge in [0.15, 0.2) is 5.78 Å². The van der Waals surface area contributed by atoms with Gasteiger partial charge in [0.1, 0.15) is 11.6 Å². The molecule has 148 valence electrons. The predicted octanol–water partition coefficient (Wildman–Crippen LogP) is 5.58. The van der Waals surface area contributed by atoms with Crippen LogP contribution < -0.4 is 5.32 Å². The van der Waals surface area contributed by atoms with E-state index in [-0.39, 0.29) is 22.9 Å². The van der Waals surface area contributed by atoms with Crippen LogP contribution in [-0.4, -0.2) is 15.6 Å². The van der Waals surface area contributed by atoms with Gasteiger partial charge in [0.05, 0.1) is 11.4 Å². The third kappa shape index (κ3) is 2.94. The van der Waals surface area contributed by atoms with Gasteiger partial charge in [-0.1, -0.05) is 13.8 Å². The number of fused-ring (bicyclic) bond motifs is 1. The number of hydrogen-bond acceptors (Lipinski definition) is 4. The summed E-state index contributed by atoms with van der Waals surface area (Å²) in [6.45, 7) is 6.24. The van der Waals surface area contributed by atoms with Crippen LogP contribution in [0.15, 0.2) is 52.4 Å². The number of allylic oxidation sites excluding steroid dienone is 2. The highest BCUT2D eigenvalue weighted by molar-refractivity contribution is 7.08. The standard InChI is InChI=1S/C23H22FN3OS/c1-13-19-20(14-8-9-29-12-14)21-17(10-23(2,3)11-18(21)28)25-22(19)27(26-13)16-6-4-15(24)5-7-16/h4-9,12,20,25H,10-11H2,1-3H3. The van der Waals surface area contributed by atoms with Crippen LogP contribution >= 0.6 is 11.3 Å². The Bertz CT molecular complexity index is 1140. The van der Waals surface area contributed by atoms with Crippen LogP contribution in [0.1, 0.15) is 49.4 Å². The number of nitrogens with zero attached hydrogens (tertiary/aromatic N) is 2. The minimum Gasteiger partial charge on any atom is -0.343 e. The molecule has 2 aromatic heterocycles. The highest BCUT2D eigenvalue weighted by Gasteiger charge is 2.43. The number of benzene rings is 1. The minimum absolute atomic E-state index is 0.0879. The topological polar surface area (TPSA) is 46.9 Å². The summed E-state index contributed by atoms with van der Waals surface area (Å²) in [6.07, 6.45) is 1.36. The van der Waals surface area contributed by atoms with Gasteiger partial charge in [0.25, 0.3) is 0 Å². The summed E-state index contributed by atoms with van der Waals surface area (Å²) in [6, 6.07) is 8.43. The first-order chi connectivity index (χ1) is 13.8. The van der Waals surface area contributed by atoms with Crippen molar-refractivity contribution in [3.63, 3.8) is 0 Å². The second-order valence-corrected chi connectivity index (χ2v) is 9.46. The molecule has 1 atom stereocenters. The number of nitrogens with one attached hydrogen (secondary N) is 1. The van der Waals surface area contributed by atoms with Crippen molar-refractivity contribution in [3.05, 3.63) is 75.0 Å². The Morgan fingerprint density at radius 2 is 1.97 bits per heavy atom. The summed E-state index contributed by atoms with van der Waals surface area (Å²) < 4.78 is 15.3. The van der Waals surface area contributed by atoms with Crippen LogP contribution in [0.25, 0.3) is 5.69 Å². The van der Waals surface area contributed by atoms with Crippen LogP contribution in [0, 0.1) is 18.2 Å². The zero-order chi connectivity index (χ0) is 20.3. The number of thiophene rings is 1. The second-order valence-electron chi connectivity index (χ2n) is 8.68. The molecule has 3 aromatic rings. The van der Waals surface area contributed by atoms with E-state index in [9.17, 15) is 9.18 Å². The number of aromatic nitrogens is 2. The van der Waals surface area contributed by atoms with Gasteiger partial charge < -0.3 is 5.32 Å². The molecule has 0 amide bonds. The van der Waals surface area contributed by atoms with E-state index in [2.05, 4.69) is 30.6 Å². The quantitative estimate of drug-likeness (QED) is 0.603. The number of rotatable bonds is 2. The summed E-state index contributed by atoms with van der Waals surface area (Å²) >= 11 is 1.64. The van der Waals surface area contributed by atoms with Crippen LogP contribution in [-0.2, 0) is 4.79 Å². The molecular weight excluding hydrogens is 385 g/mol. The zero-order valence-corrected chi connectivity index (χ0v) is 17.4. The highest BCUT2D eigenvalue weighted by Crippen LogP contribution is 2.50. The van der Waals surface area contributed by atoms with E-state index in [1.807, 2.05) is 17.0 Å². The lowest BCUT2D eigenvalue weighted by atomic mass is 9.69. The number of hydrogen-bond donors (Lipinski definition) is 1. The molecule has 0 radical (unpaired) electrons. The van der Waals surface area contributed by atoms with Crippen LogP contribution in [0.4, 0.5) is 10.2 Å². The third-order valence-corrected chi connectivity index (χ3v) is 6.52. The summed E-state index contributed by atoms with van der Waals surface area (Å²) in [7, 11) is 0.